The molecule has 0 aliphatic carbocycles. The quantitative estimate of drug-likeness (QED) is 0.859. The molecule has 0 fully saturated rings. The lowest BCUT2D eigenvalue weighted by molar-refractivity contribution is 0.0939. The van der Waals surface area contributed by atoms with Crippen LogP contribution < -0.4 is 5.32 Å². The molecule has 0 saturated heterocycles. The van der Waals surface area contributed by atoms with Crippen molar-refractivity contribution in [3.8, 4) is 0 Å². The Kier molecular flexibility index (Phi) is 4.45. The number of nitrogens with one attached hydrogen (secondary N) is 1. The van der Waals surface area contributed by atoms with Crippen LogP contribution >= 0.6 is 27.5 Å². The third-order valence-corrected chi connectivity index (χ3v) is 3.87. The Labute approximate surface area is 130 Å². The Hall–Kier alpha value is -1.40. The molecule has 0 spiro atoms. The highest BCUT2D eigenvalue weighted by Crippen LogP contribution is 2.20. The van der Waals surface area contributed by atoms with Crippen molar-refractivity contribution >= 4 is 33.4 Å². The molecular weight excluding hydrogens is 344 g/mol. The zero-order valence-corrected chi connectivity index (χ0v) is 13.7. The molecule has 2 heterocycles. The van der Waals surface area contributed by atoms with E-state index in [-0.39, 0.29) is 17.1 Å². The second kappa shape index (κ2) is 5.93. The lowest BCUT2D eigenvalue weighted by atomic mass is 10.1. The third kappa shape index (κ3) is 3.02. The van der Waals surface area contributed by atoms with Crippen LogP contribution in [0.5, 0.6) is 0 Å². The van der Waals surface area contributed by atoms with E-state index in [1.807, 2.05) is 20.9 Å². The van der Waals surface area contributed by atoms with Gasteiger partial charge in [-0.25, -0.2) is 4.98 Å². The number of pyridine rings is 1. The van der Waals surface area contributed by atoms with Crippen molar-refractivity contribution in [1.29, 1.82) is 0 Å². The lowest BCUT2D eigenvalue weighted by Gasteiger charge is -2.14. The molecule has 106 valence electrons. The number of nitrogens with zero attached hydrogens (tertiary/aromatic N) is 3. The number of carbonyl (C=O) groups is 1. The molecule has 7 heteroatoms. The standard InChI is InChI=1S/C13H14BrClN4O/c1-7(11-6-17-19(3)8(11)2)18-13(20)10-4-9(14)5-16-12(10)15/h4-7H,1-3H3,(H,18,20). The molecule has 1 atom stereocenters. The predicted molar refractivity (Wildman–Crippen MR) is 80.8 cm³/mol. The first-order chi connectivity index (χ1) is 9.40. The fourth-order valence-electron chi connectivity index (χ4n) is 1.87. The van der Waals surface area contributed by atoms with E-state index >= 15 is 0 Å². The Morgan fingerprint density at radius 3 is 2.80 bits per heavy atom. The average molecular weight is 358 g/mol. The number of hydrogen-bond acceptors (Lipinski definition) is 3. The number of aromatic nitrogens is 3. The fourth-order valence-corrected chi connectivity index (χ4v) is 2.40. The number of carbonyl (C=O) groups excluding carboxylic acids is 1. The van der Waals surface area contributed by atoms with E-state index in [1.165, 1.54) is 0 Å². The molecule has 0 aliphatic rings. The van der Waals surface area contributed by atoms with E-state index in [9.17, 15) is 4.79 Å². The molecule has 1 amide bonds. The summed E-state index contributed by atoms with van der Waals surface area (Å²) in [4.78, 5) is 16.2. The molecule has 2 aromatic rings. The number of halogens is 2. The number of amides is 1. The van der Waals surface area contributed by atoms with Crippen molar-refractivity contribution in [3.05, 3.63) is 44.9 Å². The van der Waals surface area contributed by atoms with E-state index in [2.05, 4.69) is 31.3 Å². The summed E-state index contributed by atoms with van der Waals surface area (Å²) >= 11 is 9.22. The summed E-state index contributed by atoms with van der Waals surface area (Å²) in [5, 5.41) is 7.25. The molecule has 1 unspecified atom stereocenters. The average Bonchev–Trinajstić information content (AvgIpc) is 2.73. The minimum atomic E-state index is -0.264. The largest absolute Gasteiger partial charge is 0.345 e. The smallest absolute Gasteiger partial charge is 0.254 e. The summed E-state index contributed by atoms with van der Waals surface area (Å²) in [5.41, 5.74) is 2.32. The van der Waals surface area contributed by atoms with Crippen LogP contribution in [0.3, 0.4) is 0 Å². The van der Waals surface area contributed by atoms with Gasteiger partial charge in [-0.15, -0.1) is 0 Å². The van der Waals surface area contributed by atoms with Gasteiger partial charge in [0.25, 0.3) is 5.91 Å². The summed E-state index contributed by atoms with van der Waals surface area (Å²) in [5.74, 6) is -0.264. The van der Waals surface area contributed by atoms with Crippen LogP contribution in [0.1, 0.15) is 34.6 Å². The van der Waals surface area contributed by atoms with Crippen LogP contribution in [-0.4, -0.2) is 20.7 Å². The van der Waals surface area contributed by atoms with Crippen molar-refractivity contribution in [2.24, 2.45) is 7.05 Å². The van der Waals surface area contributed by atoms with E-state index in [0.717, 1.165) is 11.3 Å². The molecule has 0 aromatic carbocycles. The summed E-state index contributed by atoms with van der Waals surface area (Å²) in [6, 6.07) is 1.49. The Balaban J connectivity index is 2.19. The highest BCUT2D eigenvalue weighted by Gasteiger charge is 2.18. The van der Waals surface area contributed by atoms with Gasteiger partial charge in [0.05, 0.1) is 17.8 Å². The van der Waals surface area contributed by atoms with Crippen LogP contribution in [-0.2, 0) is 7.05 Å². The molecule has 2 aromatic heterocycles. The van der Waals surface area contributed by atoms with Crippen LogP contribution in [0, 0.1) is 6.92 Å². The summed E-state index contributed by atoms with van der Waals surface area (Å²) < 4.78 is 2.48. The molecule has 1 N–H and O–H groups in total. The van der Waals surface area contributed by atoms with Gasteiger partial charge in [0, 0.05) is 29.0 Å². The first-order valence-electron chi connectivity index (χ1n) is 6.00. The lowest BCUT2D eigenvalue weighted by Crippen LogP contribution is -2.27. The van der Waals surface area contributed by atoms with Crippen LogP contribution in [0.15, 0.2) is 22.9 Å². The second-order valence-corrected chi connectivity index (χ2v) is 5.77. The Bertz CT molecular complexity index is 656. The van der Waals surface area contributed by atoms with E-state index in [1.54, 1.807) is 23.1 Å². The van der Waals surface area contributed by atoms with Gasteiger partial charge in [0.15, 0.2) is 0 Å². The van der Waals surface area contributed by atoms with Crippen molar-refractivity contribution in [1.82, 2.24) is 20.1 Å². The molecule has 0 bridgehead atoms. The minimum Gasteiger partial charge on any atom is -0.345 e. The highest BCUT2D eigenvalue weighted by atomic mass is 79.9. The van der Waals surface area contributed by atoms with Crippen molar-refractivity contribution in [2.75, 3.05) is 0 Å². The highest BCUT2D eigenvalue weighted by molar-refractivity contribution is 9.10. The molecule has 0 saturated carbocycles. The van der Waals surface area contributed by atoms with Gasteiger partial charge in [-0.1, -0.05) is 11.6 Å². The predicted octanol–water partition coefficient (Wildman–Crippen LogP) is 3.03. The van der Waals surface area contributed by atoms with Crippen molar-refractivity contribution in [2.45, 2.75) is 19.9 Å². The zero-order chi connectivity index (χ0) is 14.9. The molecule has 0 radical (unpaired) electrons. The molecule has 2 rings (SSSR count). The summed E-state index contributed by atoms with van der Waals surface area (Å²) in [6.45, 7) is 3.86. The number of hydrogen-bond donors (Lipinski definition) is 1. The van der Waals surface area contributed by atoms with Gasteiger partial charge in [0.2, 0.25) is 0 Å². The van der Waals surface area contributed by atoms with E-state index < -0.39 is 0 Å². The van der Waals surface area contributed by atoms with Gasteiger partial charge in [-0.2, -0.15) is 5.10 Å². The van der Waals surface area contributed by atoms with E-state index in [4.69, 9.17) is 11.6 Å². The first-order valence-corrected chi connectivity index (χ1v) is 7.17. The monoisotopic (exact) mass is 356 g/mol. The van der Waals surface area contributed by atoms with Gasteiger partial charge in [-0.3, -0.25) is 9.48 Å². The molecule has 20 heavy (non-hydrogen) atoms. The van der Waals surface area contributed by atoms with Gasteiger partial charge < -0.3 is 5.32 Å². The minimum absolute atomic E-state index is 0.161. The van der Waals surface area contributed by atoms with Gasteiger partial charge in [0.1, 0.15) is 5.15 Å². The van der Waals surface area contributed by atoms with Crippen molar-refractivity contribution < 1.29 is 4.79 Å². The first kappa shape index (κ1) is 15.0. The molecule has 0 aliphatic heterocycles. The van der Waals surface area contributed by atoms with Gasteiger partial charge >= 0.3 is 0 Å². The topological polar surface area (TPSA) is 59.8 Å². The molecule has 5 nitrogen and oxygen atoms in total. The van der Waals surface area contributed by atoms with Gasteiger partial charge in [-0.05, 0) is 35.8 Å². The summed E-state index contributed by atoms with van der Waals surface area (Å²) in [6.07, 6.45) is 3.30. The van der Waals surface area contributed by atoms with Crippen LogP contribution in [0.25, 0.3) is 0 Å². The zero-order valence-electron chi connectivity index (χ0n) is 11.3. The number of aryl methyl sites for hydroxylation is 1. The Morgan fingerprint density at radius 2 is 2.20 bits per heavy atom. The second-order valence-electron chi connectivity index (χ2n) is 4.50. The third-order valence-electron chi connectivity index (χ3n) is 3.14. The maximum atomic E-state index is 12.2. The van der Waals surface area contributed by atoms with Crippen LogP contribution in [0.4, 0.5) is 0 Å². The maximum absolute atomic E-state index is 12.2. The summed E-state index contributed by atoms with van der Waals surface area (Å²) in [7, 11) is 1.86. The SMILES string of the molecule is Cc1c(C(C)NC(=O)c2cc(Br)cnc2Cl)cnn1C. The van der Waals surface area contributed by atoms with Crippen molar-refractivity contribution in [3.63, 3.8) is 0 Å². The van der Waals surface area contributed by atoms with E-state index in [0.29, 0.717) is 10.0 Å². The Morgan fingerprint density at radius 1 is 1.50 bits per heavy atom. The molecular formula is C13H14BrClN4O. The number of rotatable bonds is 3. The maximum Gasteiger partial charge on any atom is 0.254 e. The normalized spacial score (nSPS) is 12.2. The fraction of sp³-hybridized carbons (Fsp3) is 0.308. The van der Waals surface area contributed by atoms with Crippen LogP contribution in [0.2, 0.25) is 5.15 Å².